The van der Waals surface area contributed by atoms with Gasteiger partial charge in [0.2, 0.25) is 0 Å². The maximum Gasteiger partial charge on any atom is 0.169 e. The Morgan fingerprint density at radius 3 is 2.75 bits per heavy atom. The summed E-state index contributed by atoms with van der Waals surface area (Å²) in [5.41, 5.74) is 0.678. The van der Waals surface area contributed by atoms with Crippen molar-refractivity contribution in [3.63, 3.8) is 0 Å². The summed E-state index contributed by atoms with van der Waals surface area (Å²) in [4.78, 5) is 0. The molecule has 0 aliphatic heterocycles. The van der Waals surface area contributed by atoms with Crippen LogP contribution in [0.4, 0.5) is 0 Å². The molecule has 0 atom stereocenters. The van der Waals surface area contributed by atoms with Gasteiger partial charge in [-0.2, -0.15) is 0 Å². The number of furan rings is 1. The Bertz CT molecular complexity index is 171. The van der Waals surface area contributed by atoms with Gasteiger partial charge in [-0.15, -0.1) is 0 Å². The minimum absolute atomic E-state index is 0.213. The van der Waals surface area contributed by atoms with Crippen LogP contribution in [0.25, 0.3) is 0 Å². The van der Waals surface area contributed by atoms with Crippen LogP contribution in [0.1, 0.15) is 5.56 Å². The third-order valence-electron chi connectivity index (χ3n) is 0.788. The molecule has 1 aromatic heterocycles. The van der Waals surface area contributed by atoms with Gasteiger partial charge < -0.3 is 4.42 Å². The zero-order valence-corrected chi connectivity index (χ0v) is 5.64. The zero-order valence-electron chi connectivity index (χ0n) is 4.06. The van der Waals surface area contributed by atoms with Crippen LogP contribution < -0.4 is 0 Å². The molecule has 1 radical (unpaired) electrons. The largest absolute Gasteiger partial charge is 0.457 e. The molecule has 0 bridgehead atoms. The fourth-order valence-electron chi connectivity index (χ4n) is 0.421. The Labute approximate surface area is 55.3 Å². The summed E-state index contributed by atoms with van der Waals surface area (Å²) in [6, 6.07) is 1.66. The Morgan fingerprint density at radius 1 is 1.75 bits per heavy atom. The first-order valence-electron chi connectivity index (χ1n) is 2.14. The van der Waals surface area contributed by atoms with Gasteiger partial charge in [0.05, 0.1) is 6.26 Å². The predicted molar refractivity (Wildman–Crippen MR) is 30.8 cm³/mol. The third kappa shape index (κ3) is 1.11. The van der Waals surface area contributed by atoms with Gasteiger partial charge in [-0.3, -0.25) is 0 Å². The lowest BCUT2D eigenvalue weighted by atomic mass is 10.4. The minimum atomic E-state index is -0.213. The standard InChI is InChI=1S/C5H4BrO2/c6-5-1-4(2-7)3-8-5/h1,3H,2H2. The van der Waals surface area contributed by atoms with Crippen molar-refractivity contribution in [1.29, 1.82) is 0 Å². The third-order valence-corrected chi connectivity index (χ3v) is 1.20. The maximum absolute atomic E-state index is 10.1. The SMILES string of the molecule is [O]Cc1coc(Br)c1. The maximum atomic E-state index is 10.1. The van der Waals surface area contributed by atoms with E-state index in [-0.39, 0.29) is 6.61 Å². The summed E-state index contributed by atoms with van der Waals surface area (Å²) in [5.74, 6) is 0. The van der Waals surface area contributed by atoms with Crippen molar-refractivity contribution in [3.05, 3.63) is 22.6 Å². The molecule has 0 spiro atoms. The molecule has 0 N–H and O–H groups in total. The quantitative estimate of drug-likeness (QED) is 0.643. The molecule has 0 aliphatic carbocycles. The molecule has 0 aliphatic rings. The molecule has 43 valence electrons. The normalized spacial score (nSPS) is 9.75. The van der Waals surface area contributed by atoms with E-state index < -0.39 is 0 Å². The highest BCUT2D eigenvalue weighted by Crippen LogP contribution is 2.13. The van der Waals surface area contributed by atoms with Crippen molar-refractivity contribution >= 4 is 15.9 Å². The lowest BCUT2D eigenvalue weighted by molar-refractivity contribution is 0.177. The van der Waals surface area contributed by atoms with Crippen molar-refractivity contribution in [2.24, 2.45) is 0 Å². The molecule has 0 unspecified atom stereocenters. The number of hydrogen-bond donors (Lipinski definition) is 0. The topological polar surface area (TPSA) is 33.0 Å². The summed E-state index contributed by atoms with van der Waals surface area (Å²) >= 11 is 3.07. The van der Waals surface area contributed by atoms with Crippen molar-refractivity contribution in [2.45, 2.75) is 6.61 Å². The minimum Gasteiger partial charge on any atom is -0.457 e. The molecule has 2 nitrogen and oxygen atoms in total. The predicted octanol–water partition coefficient (Wildman–Crippen LogP) is 1.97. The molecule has 0 fully saturated rings. The molecule has 1 rings (SSSR count). The fraction of sp³-hybridized carbons (Fsp3) is 0.200. The molecule has 0 aromatic carbocycles. The van der Waals surface area contributed by atoms with Gasteiger partial charge in [0, 0.05) is 5.56 Å². The second-order valence-electron chi connectivity index (χ2n) is 1.40. The van der Waals surface area contributed by atoms with Crippen molar-refractivity contribution in [2.75, 3.05) is 0 Å². The molecule has 0 amide bonds. The molecular weight excluding hydrogens is 172 g/mol. The summed E-state index contributed by atoms with van der Waals surface area (Å²) in [6.07, 6.45) is 1.44. The van der Waals surface area contributed by atoms with E-state index in [1.807, 2.05) is 0 Å². The number of halogens is 1. The Morgan fingerprint density at radius 2 is 2.50 bits per heavy atom. The van der Waals surface area contributed by atoms with E-state index in [9.17, 15) is 5.11 Å². The second kappa shape index (κ2) is 2.33. The Kier molecular flexibility index (Phi) is 1.70. The van der Waals surface area contributed by atoms with Crippen LogP contribution >= 0.6 is 15.9 Å². The van der Waals surface area contributed by atoms with E-state index in [0.717, 1.165) is 0 Å². The average Bonchev–Trinajstić information content (AvgIpc) is 2.14. The summed E-state index contributed by atoms with van der Waals surface area (Å²) in [6.45, 7) is -0.213. The molecule has 3 heteroatoms. The van der Waals surface area contributed by atoms with Gasteiger partial charge in [-0.1, -0.05) is 0 Å². The van der Waals surface area contributed by atoms with E-state index >= 15 is 0 Å². The average molecular weight is 176 g/mol. The summed E-state index contributed by atoms with van der Waals surface area (Å²) < 4.78 is 5.39. The van der Waals surface area contributed by atoms with Gasteiger partial charge in [-0.05, 0) is 22.0 Å². The van der Waals surface area contributed by atoms with Crippen LogP contribution in [0.15, 0.2) is 21.4 Å². The van der Waals surface area contributed by atoms with Crippen LogP contribution in [0, 0.1) is 0 Å². The van der Waals surface area contributed by atoms with Crippen LogP contribution in [0.5, 0.6) is 0 Å². The zero-order chi connectivity index (χ0) is 5.98. The molecule has 0 saturated carbocycles. The first-order chi connectivity index (χ1) is 3.83. The van der Waals surface area contributed by atoms with E-state index in [2.05, 4.69) is 15.9 Å². The van der Waals surface area contributed by atoms with Gasteiger partial charge in [0.1, 0.15) is 6.61 Å². The first kappa shape index (κ1) is 5.85. The highest BCUT2D eigenvalue weighted by atomic mass is 79.9. The fourth-order valence-corrected chi connectivity index (χ4v) is 0.809. The van der Waals surface area contributed by atoms with Gasteiger partial charge in [0.25, 0.3) is 0 Å². The summed E-state index contributed by atoms with van der Waals surface area (Å²) in [7, 11) is 0. The Balaban J connectivity index is 2.84. The smallest absolute Gasteiger partial charge is 0.169 e. The van der Waals surface area contributed by atoms with Crippen molar-refractivity contribution in [3.8, 4) is 0 Å². The molecule has 1 heterocycles. The van der Waals surface area contributed by atoms with E-state index in [4.69, 9.17) is 4.42 Å². The van der Waals surface area contributed by atoms with Crippen LogP contribution in [0.3, 0.4) is 0 Å². The van der Waals surface area contributed by atoms with Crippen molar-refractivity contribution < 1.29 is 9.52 Å². The second-order valence-corrected chi connectivity index (χ2v) is 2.18. The van der Waals surface area contributed by atoms with Crippen molar-refractivity contribution in [1.82, 2.24) is 0 Å². The van der Waals surface area contributed by atoms with Gasteiger partial charge in [0.15, 0.2) is 4.67 Å². The van der Waals surface area contributed by atoms with Gasteiger partial charge >= 0.3 is 0 Å². The molecule has 0 saturated heterocycles. The van der Waals surface area contributed by atoms with Crippen LogP contribution in [0.2, 0.25) is 0 Å². The highest BCUT2D eigenvalue weighted by Gasteiger charge is 1.94. The molecule has 8 heavy (non-hydrogen) atoms. The van der Waals surface area contributed by atoms with Crippen LogP contribution in [-0.4, -0.2) is 0 Å². The highest BCUT2D eigenvalue weighted by molar-refractivity contribution is 9.10. The summed E-state index contributed by atoms with van der Waals surface area (Å²) in [5, 5.41) is 10.1. The van der Waals surface area contributed by atoms with E-state index in [0.29, 0.717) is 10.2 Å². The molecule has 1 aromatic rings. The first-order valence-corrected chi connectivity index (χ1v) is 2.93. The molecular formula is C5H4BrO2. The number of hydrogen-bond acceptors (Lipinski definition) is 1. The lowest BCUT2D eigenvalue weighted by Gasteiger charge is -1.73. The number of rotatable bonds is 1. The van der Waals surface area contributed by atoms with Gasteiger partial charge in [-0.25, -0.2) is 5.11 Å². The Hall–Kier alpha value is -0.280. The van der Waals surface area contributed by atoms with E-state index in [1.54, 1.807) is 6.07 Å². The lowest BCUT2D eigenvalue weighted by Crippen LogP contribution is -1.70. The monoisotopic (exact) mass is 175 g/mol. The van der Waals surface area contributed by atoms with E-state index in [1.165, 1.54) is 6.26 Å². The van der Waals surface area contributed by atoms with Crippen LogP contribution in [-0.2, 0) is 11.7 Å².